The third-order valence-corrected chi connectivity index (χ3v) is 6.19. The van der Waals surface area contributed by atoms with Gasteiger partial charge in [0.05, 0.1) is 11.7 Å². The van der Waals surface area contributed by atoms with Crippen LogP contribution in [0.3, 0.4) is 0 Å². The second-order valence-corrected chi connectivity index (χ2v) is 9.01. The van der Waals surface area contributed by atoms with E-state index < -0.39 is 0 Å². The molecule has 3 N–H and O–H groups in total. The molecule has 3 heterocycles. The van der Waals surface area contributed by atoms with Gasteiger partial charge in [0.2, 0.25) is 0 Å². The fraction of sp³-hybridized carbons (Fsp3) is 0.500. The SMILES string of the molecule is CN1CC(CCC(Nc2cccc(SN)n2)c2cc(Cl)ccn2)CC1(C)C. The Labute approximate surface area is 171 Å². The van der Waals surface area contributed by atoms with Gasteiger partial charge in [-0.3, -0.25) is 10.1 Å². The van der Waals surface area contributed by atoms with Crippen molar-refractivity contribution in [1.82, 2.24) is 14.9 Å². The lowest BCUT2D eigenvalue weighted by Gasteiger charge is -2.26. The summed E-state index contributed by atoms with van der Waals surface area (Å²) in [6.07, 6.45) is 5.09. The van der Waals surface area contributed by atoms with Crippen molar-refractivity contribution in [1.29, 1.82) is 0 Å². The molecule has 1 fully saturated rings. The fourth-order valence-corrected chi connectivity index (χ4v) is 4.28. The molecule has 1 aliphatic heterocycles. The zero-order chi connectivity index (χ0) is 19.4. The molecule has 2 unspecified atom stereocenters. The third kappa shape index (κ3) is 5.35. The molecule has 0 aliphatic carbocycles. The largest absolute Gasteiger partial charge is 0.362 e. The molecule has 27 heavy (non-hydrogen) atoms. The van der Waals surface area contributed by atoms with Gasteiger partial charge in [-0.2, -0.15) is 0 Å². The highest BCUT2D eigenvalue weighted by molar-refractivity contribution is 7.97. The van der Waals surface area contributed by atoms with Crippen LogP contribution in [0, 0.1) is 5.92 Å². The molecule has 2 atom stereocenters. The minimum absolute atomic E-state index is 0.0586. The molecule has 2 aromatic heterocycles. The summed E-state index contributed by atoms with van der Waals surface area (Å²) in [6, 6.07) is 9.62. The van der Waals surface area contributed by atoms with Crippen LogP contribution in [0.25, 0.3) is 0 Å². The van der Waals surface area contributed by atoms with Crippen molar-refractivity contribution in [3.63, 3.8) is 0 Å². The van der Waals surface area contributed by atoms with E-state index in [9.17, 15) is 0 Å². The van der Waals surface area contributed by atoms with E-state index in [0.29, 0.717) is 10.9 Å². The van der Waals surface area contributed by atoms with Gasteiger partial charge in [-0.25, -0.2) is 4.98 Å². The maximum Gasteiger partial charge on any atom is 0.127 e. The summed E-state index contributed by atoms with van der Waals surface area (Å²) < 4.78 is 0. The highest BCUT2D eigenvalue weighted by Gasteiger charge is 2.35. The molecular formula is C20H28ClN5S. The molecule has 5 nitrogen and oxygen atoms in total. The van der Waals surface area contributed by atoms with Crippen LogP contribution < -0.4 is 10.5 Å². The average Bonchev–Trinajstić information content (AvgIpc) is 2.90. The molecule has 0 saturated carbocycles. The van der Waals surface area contributed by atoms with E-state index in [4.69, 9.17) is 16.7 Å². The van der Waals surface area contributed by atoms with E-state index in [1.165, 1.54) is 6.42 Å². The Morgan fingerprint density at radius 1 is 1.41 bits per heavy atom. The van der Waals surface area contributed by atoms with E-state index in [0.717, 1.165) is 47.9 Å². The molecule has 0 bridgehead atoms. The highest BCUT2D eigenvalue weighted by atomic mass is 35.5. The fourth-order valence-electron chi connectivity index (χ4n) is 3.80. The third-order valence-electron chi connectivity index (χ3n) is 5.48. The normalized spacial score (nSPS) is 20.6. The number of anilines is 1. The minimum atomic E-state index is 0.0586. The van der Waals surface area contributed by atoms with Crippen molar-refractivity contribution < 1.29 is 0 Å². The van der Waals surface area contributed by atoms with Crippen molar-refractivity contribution in [3.8, 4) is 0 Å². The number of rotatable bonds is 7. The molecular weight excluding hydrogens is 378 g/mol. The first-order valence-electron chi connectivity index (χ1n) is 9.30. The summed E-state index contributed by atoms with van der Waals surface area (Å²) in [5.41, 5.74) is 1.22. The van der Waals surface area contributed by atoms with Gasteiger partial charge in [-0.15, -0.1) is 0 Å². The predicted octanol–water partition coefficient (Wildman–Crippen LogP) is 4.76. The first-order chi connectivity index (χ1) is 12.9. The Kier molecular flexibility index (Phi) is 6.63. The van der Waals surface area contributed by atoms with Crippen LogP contribution >= 0.6 is 23.5 Å². The van der Waals surface area contributed by atoms with Gasteiger partial charge in [0, 0.05) is 23.3 Å². The summed E-state index contributed by atoms with van der Waals surface area (Å²) in [5, 5.41) is 10.7. The minimum Gasteiger partial charge on any atom is -0.362 e. The molecule has 2 aromatic rings. The lowest BCUT2D eigenvalue weighted by atomic mass is 9.91. The van der Waals surface area contributed by atoms with Gasteiger partial charge in [-0.1, -0.05) is 17.7 Å². The maximum atomic E-state index is 6.21. The molecule has 0 spiro atoms. The highest BCUT2D eigenvalue weighted by Crippen LogP contribution is 2.35. The average molecular weight is 406 g/mol. The molecule has 3 rings (SSSR count). The number of hydrogen-bond acceptors (Lipinski definition) is 6. The Morgan fingerprint density at radius 3 is 2.89 bits per heavy atom. The van der Waals surface area contributed by atoms with Gasteiger partial charge >= 0.3 is 0 Å². The Bertz CT molecular complexity index is 770. The monoisotopic (exact) mass is 405 g/mol. The van der Waals surface area contributed by atoms with Crippen LogP contribution in [0.2, 0.25) is 5.02 Å². The molecule has 0 radical (unpaired) electrons. The van der Waals surface area contributed by atoms with Crippen LogP contribution in [0.15, 0.2) is 41.6 Å². The van der Waals surface area contributed by atoms with E-state index in [1.807, 2.05) is 24.3 Å². The van der Waals surface area contributed by atoms with Gasteiger partial charge in [0.1, 0.15) is 10.8 Å². The summed E-state index contributed by atoms with van der Waals surface area (Å²) in [6.45, 7) is 5.78. The molecule has 0 aromatic carbocycles. The molecule has 146 valence electrons. The smallest absolute Gasteiger partial charge is 0.127 e. The van der Waals surface area contributed by atoms with Crippen LogP contribution in [0.1, 0.15) is 44.8 Å². The number of halogens is 1. The standard InChI is InChI=1S/C20H28ClN5S/c1-20(2)12-14(13-26(20)3)7-8-16(17-11-15(21)9-10-23-17)24-18-5-4-6-19(25-18)27-22/h4-6,9-11,14,16H,7-8,12-13,22H2,1-3H3,(H,24,25). The van der Waals surface area contributed by atoms with Crippen LogP contribution in [-0.4, -0.2) is 34.0 Å². The Balaban J connectivity index is 1.74. The van der Waals surface area contributed by atoms with Crippen molar-refractivity contribution in [2.75, 3.05) is 18.9 Å². The van der Waals surface area contributed by atoms with Crippen molar-refractivity contribution >= 4 is 29.4 Å². The first kappa shape index (κ1) is 20.4. The van der Waals surface area contributed by atoms with E-state index in [1.54, 1.807) is 12.3 Å². The van der Waals surface area contributed by atoms with Gasteiger partial charge in [0.25, 0.3) is 0 Å². The lowest BCUT2D eigenvalue weighted by Crippen LogP contribution is -2.34. The second-order valence-electron chi connectivity index (χ2n) is 7.92. The number of nitrogens with zero attached hydrogens (tertiary/aromatic N) is 3. The quantitative estimate of drug-likeness (QED) is 0.647. The first-order valence-corrected chi connectivity index (χ1v) is 10.6. The summed E-state index contributed by atoms with van der Waals surface area (Å²) in [4.78, 5) is 11.6. The van der Waals surface area contributed by atoms with Crippen molar-refractivity contribution in [2.45, 2.75) is 49.7 Å². The molecule has 0 amide bonds. The van der Waals surface area contributed by atoms with Crippen LogP contribution in [0.4, 0.5) is 5.82 Å². The molecule has 1 aliphatic rings. The predicted molar refractivity (Wildman–Crippen MR) is 114 cm³/mol. The summed E-state index contributed by atoms with van der Waals surface area (Å²) in [7, 11) is 2.22. The zero-order valence-electron chi connectivity index (χ0n) is 16.2. The lowest BCUT2D eigenvalue weighted by molar-refractivity contribution is 0.218. The number of nitrogens with one attached hydrogen (secondary N) is 1. The topological polar surface area (TPSA) is 67.1 Å². The van der Waals surface area contributed by atoms with Crippen LogP contribution in [-0.2, 0) is 0 Å². The van der Waals surface area contributed by atoms with Crippen molar-refractivity contribution in [2.24, 2.45) is 11.1 Å². The second kappa shape index (κ2) is 8.78. The number of likely N-dealkylation sites (tertiary alicyclic amines) is 1. The van der Waals surface area contributed by atoms with Gasteiger partial charge < -0.3 is 10.2 Å². The Hall–Kier alpha value is -1.34. The number of hydrogen-bond donors (Lipinski definition) is 2. The zero-order valence-corrected chi connectivity index (χ0v) is 17.7. The van der Waals surface area contributed by atoms with Gasteiger partial charge in [0.15, 0.2) is 0 Å². The molecule has 1 saturated heterocycles. The maximum absolute atomic E-state index is 6.21. The summed E-state index contributed by atoms with van der Waals surface area (Å²) in [5.74, 6) is 1.49. The summed E-state index contributed by atoms with van der Waals surface area (Å²) >= 11 is 7.36. The number of nitrogens with two attached hydrogens (primary N) is 1. The Morgan fingerprint density at radius 2 is 2.22 bits per heavy atom. The number of pyridine rings is 2. The van der Waals surface area contributed by atoms with Crippen LogP contribution in [0.5, 0.6) is 0 Å². The van der Waals surface area contributed by atoms with Gasteiger partial charge in [-0.05, 0) is 82.3 Å². The van der Waals surface area contributed by atoms with E-state index >= 15 is 0 Å². The van der Waals surface area contributed by atoms with E-state index in [-0.39, 0.29) is 11.6 Å². The molecule has 7 heteroatoms. The number of aromatic nitrogens is 2. The van der Waals surface area contributed by atoms with Crippen molar-refractivity contribution in [3.05, 3.63) is 47.2 Å². The van der Waals surface area contributed by atoms with E-state index in [2.05, 4.69) is 41.1 Å².